The van der Waals surface area contributed by atoms with Crippen LogP contribution in [0, 0.1) is 0 Å². The SMILES string of the molecule is CC(=O)NC(CCSCC(=O)Nc1nccs1)C(=O)O. The van der Waals surface area contributed by atoms with Crippen molar-refractivity contribution in [3.05, 3.63) is 11.6 Å². The fourth-order valence-electron chi connectivity index (χ4n) is 1.31. The van der Waals surface area contributed by atoms with Crippen molar-refractivity contribution in [2.24, 2.45) is 0 Å². The van der Waals surface area contributed by atoms with Gasteiger partial charge >= 0.3 is 5.97 Å². The summed E-state index contributed by atoms with van der Waals surface area (Å²) in [6, 6.07) is -0.915. The van der Waals surface area contributed by atoms with Gasteiger partial charge in [-0.25, -0.2) is 9.78 Å². The number of amides is 2. The molecule has 1 aromatic rings. The van der Waals surface area contributed by atoms with Crippen molar-refractivity contribution in [3.8, 4) is 0 Å². The van der Waals surface area contributed by atoms with Gasteiger partial charge < -0.3 is 15.7 Å². The molecule has 0 aliphatic carbocycles. The number of thiazole rings is 1. The van der Waals surface area contributed by atoms with Crippen LogP contribution in [0.4, 0.5) is 5.13 Å². The van der Waals surface area contributed by atoms with Crippen molar-refractivity contribution in [3.63, 3.8) is 0 Å². The number of aliphatic carboxylic acids is 1. The Hall–Kier alpha value is -1.61. The molecule has 0 spiro atoms. The molecule has 1 rings (SSSR count). The number of aromatic nitrogens is 1. The van der Waals surface area contributed by atoms with Crippen LogP contribution >= 0.6 is 23.1 Å². The number of nitrogens with zero attached hydrogens (tertiary/aromatic N) is 1. The third-order valence-electron chi connectivity index (χ3n) is 2.14. The first kappa shape index (κ1) is 16.4. The molecule has 1 unspecified atom stereocenters. The lowest BCUT2D eigenvalue weighted by Gasteiger charge is -2.12. The van der Waals surface area contributed by atoms with E-state index in [1.54, 1.807) is 11.6 Å². The fourth-order valence-corrected chi connectivity index (χ4v) is 2.66. The van der Waals surface area contributed by atoms with Gasteiger partial charge in [0.05, 0.1) is 5.75 Å². The molecular formula is C11H15N3O4S2. The Morgan fingerprint density at radius 3 is 2.80 bits per heavy atom. The van der Waals surface area contributed by atoms with E-state index in [1.165, 1.54) is 30.0 Å². The highest BCUT2D eigenvalue weighted by Crippen LogP contribution is 2.12. The summed E-state index contributed by atoms with van der Waals surface area (Å²) in [6.45, 7) is 1.27. The molecule has 7 nitrogen and oxygen atoms in total. The van der Waals surface area contributed by atoms with Crippen LogP contribution in [0.5, 0.6) is 0 Å². The van der Waals surface area contributed by atoms with Gasteiger partial charge in [0.15, 0.2) is 5.13 Å². The normalized spacial score (nSPS) is 11.7. The van der Waals surface area contributed by atoms with Crippen LogP contribution < -0.4 is 10.6 Å². The van der Waals surface area contributed by atoms with Crippen LogP contribution in [0.25, 0.3) is 0 Å². The van der Waals surface area contributed by atoms with Gasteiger partial charge in [0, 0.05) is 18.5 Å². The van der Waals surface area contributed by atoms with E-state index in [1.807, 2.05) is 0 Å². The van der Waals surface area contributed by atoms with Crippen LogP contribution in [-0.2, 0) is 14.4 Å². The van der Waals surface area contributed by atoms with E-state index in [-0.39, 0.29) is 24.0 Å². The van der Waals surface area contributed by atoms with Crippen LogP contribution in [0.3, 0.4) is 0 Å². The van der Waals surface area contributed by atoms with Crippen molar-refractivity contribution in [2.45, 2.75) is 19.4 Å². The van der Waals surface area contributed by atoms with Crippen molar-refractivity contribution >= 4 is 46.0 Å². The van der Waals surface area contributed by atoms with E-state index in [9.17, 15) is 14.4 Å². The smallest absolute Gasteiger partial charge is 0.326 e. The number of hydrogen-bond donors (Lipinski definition) is 3. The lowest BCUT2D eigenvalue weighted by molar-refractivity contribution is -0.141. The molecule has 0 radical (unpaired) electrons. The minimum absolute atomic E-state index is 0.184. The van der Waals surface area contributed by atoms with E-state index < -0.39 is 12.0 Å². The highest BCUT2D eigenvalue weighted by atomic mass is 32.2. The third kappa shape index (κ3) is 6.53. The van der Waals surface area contributed by atoms with Crippen LogP contribution in [0.2, 0.25) is 0 Å². The Labute approximate surface area is 124 Å². The Morgan fingerprint density at radius 2 is 2.25 bits per heavy atom. The van der Waals surface area contributed by atoms with Crippen LogP contribution in [0.15, 0.2) is 11.6 Å². The number of nitrogens with one attached hydrogen (secondary N) is 2. The molecule has 0 bridgehead atoms. The molecule has 0 saturated heterocycles. The first-order valence-electron chi connectivity index (χ1n) is 5.76. The molecule has 3 N–H and O–H groups in total. The zero-order chi connectivity index (χ0) is 15.0. The van der Waals surface area contributed by atoms with Gasteiger partial charge in [0.2, 0.25) is 11.8 Å². The molecule has 2 amide bonds. The first-order valence-corrected chi connectivity index (χ1v) is 7.79. The van der Waals surface area contributed by atoms with E-state index in [4.69, 9.17) is 5.11 Å². The summed E-state index contributed by atoms with van der Waals surface area (Å²) in [5.74, 6) is -0.970. The number of anilines is 1. The number of rotatable bonds is 8. The lowest BCUT2D eigenvalue weighted by Crippen LogP contribution is -2.40. The molecule has 0 aliphatic heterocycles. The van der Waals surface area contributed by atoms with Crippen molar-refractivity contribution in [1.82, 2.24) is 10.3 Å². The van der Waals surface area contributed by atoms with Crippen molar-refractivity contribution in [1.29, 1.82) is 0 Å². The van der Waals surface area contributed by atoms with Gasteiger partial charge in [-0.2, -0.15) is 11.8 Å². The zero-order valence-electron chi connectivity index (χ0n) is 10.8. The summed E-state index contributed by atoms with van der Waals surface area (Å²) < 4.78 is 0. The van der Waals surface area contributed by atoms with E-state index in [2.05, 4.69) is 15.6 Å². The molecule has 1 heterocycles. The maximum absolute atomic E-state index is 11.5. The predicted molar refractivity (Wildman–Crippen MR) is 77.9 cm³/mol. The Balaban J connectivity index is 2.21. The van der Waals surface area contributed by atoms with E-state index in [0.717, 1.165) is 0 Å². The monoisotopic (exact) mass is 317 g/mol. The van der Waals surface area contributed by atoms with E-state index >= 15 is 0 Å². The molecule has 1 atom stereocenters. The topological polar surface area (TPSA) is 108 Å². The van der Waals surface area contributed by atoms with Gasteiger partial charge in [-0.1, -0.05) is 0 Å². The maximum Gasteiger partial charge on any atom is 0.326 e. The average Bonchev–Trinajstić information content (AvgIpc) is 2.85. The Bertz CT molecular complexity index is 464. The average molecular weight is 317 g/mol. The standard InChI is InChI=1S/C11H15N3O4S2/c1-7(15)13-8(10(17)18)2-4-19-6-9(16)14-11-12-3-5-20-11/h3,5,8H,2,4,6H2,1H3,(H,13,15)(H,17,18)(H,12,14,16). The fraction of sp³-hybridized carbons (Fsp3) is 0.455. The zero-order valence-corrected chi connectivity index (χ0v) is 12.4. The van der Waals surface area contributed by atoms with Crippen LogP contribution in [-0.4, -0.2) is 45.4 Å². The quantitative estimate of drug-likeness (QED) is 0.612. The number of carbonyl (C=O) groups excluding carboxylic acids is 2. The molecule has 0 saturated carbocycles. The van der Waals surface area contributed by atoms with Gasteiger partial charge in [-0.15, -0.1) is 11.3 Å². The highest BCUT2D eigenvalue weighted by Gasteiger charge is 2.17. The summed E-state index contributed by atoms with van der Waals surface area (Å²) in [4.78, 5) is 37.1. The minimum Gasteiger partial charge on any atom is -0.480 e. The summed E-state index contributed by atoms with van der Waals surface area (Å²) in [6.07, 6.45) is 1.86. The van der Waals surface area contributed by atoms with E-state index in [0.29, 0.717) is 10.9 Å². The molecule has 0 aromatic carbocycles. The van der Waals surface area contributed by atoms with Gasteiger partial charge in [0.1, 0.15) is 6.04 Å². The molecular weight excluding hydrogens is 302 g/mol. The van der Waals surface area contributed by atoms with Crippen LogP contribution in [0.1, 0.15) is 13.3 Å². The second-order valence-electron chi connectivity index (χ2n) is 3.82. The number of carboxylic acids is 1. The van der Waals surface area contributed by atoms with Gasteiger partial charge in [-0.3, -0.25) is 9.59 Å². The maximum atomic E-state index is 11.5. The second-order valence-corrected chi connectivity index (χ2v) is 5.82. The van der Waals surface area contributed by atoms with Gasteiger partial charge in [-0.05, 0) is 12.2 Å². The molecule has 9 heteroatoms. The molecule has 110 valence electrons. The molecule has 0 aliphatic rings. The minimum atomic E-state index is -1.08. The van der Waals surface area contributed by atoms with Gasteiger partial charge in [0.25, 0.3) is 0 Å². The van der Waals surface area contributed by atoms with Crippen molar-refractivity contribution in [2.75, 3.05) is 16.8 Å². The molecule has 0 fully saturated rings. The summed E-state index contributed by atoms with van der Waals surface area (Å²) in [5.41, 5.74) is 0. The highest BCUT2D eigenvalue weighted by molar-refractivity contribution is 7.99. The summed E-state index contributed by atoms with van der Waals surface area (Å²) in [5, 5.41) is 16.2. The predicted octanol–water partition coefficient (Wildman–Crippen LogP) is 0.794. The largest absolute Gasteiger partial charge is 0.480 e. The second kappa shape index (κ2) is 8.54. The first-order chi connectivity index (χ1) is 9.49. The lowest BCUT2D eigenvalue weighted by atomic mass is 10.2. The third-order valence-corrected chi connectivity index (χ3v) is 3.82. The summed E-state index contributed by atoms with van der Waals surface area (Å²) >= 11 is 2.63. The molecule has 1 aromatic heterocycles. The Kier molecular flexibility index (Phi) is 7.02. The number of carbonyl (C=O) groups is 3. The Morgan fingerprint density at radius 1 is 1.50 bits per heavy atom. The summed E-state index contributed by atoms with van der Waals surface area (Å²) in [7, 11) is 0. The number of thioether (sulfide) groups is 1. The molecule has 20 heavy (non-hydrogen) atoms. The number of carboxylic acid groups (broad SMARTS) is 1. The van der Waals surface area contributed by atoms with Crippen molar-refractivity contribution < 1.29 is 19.5 Å². The number of hydrogen-bond acceptors (Lipinski definition) is 6.